The fraction of sp³-hybridized carbons (Fsp3) is 0.400. The molecule has 0 aliphatic heterocycles. The highest BCUT2D eigenvalue weighted by molar-refractivity contribution is 5.81. The second-order valence-electron chi connectivity index (χ2n) is 4.42. The number of hydrogen-bond acceptors (Lipinski definition) is 3. The van der Waals surface area contributed by atoms with Crippen molar-refractivity contribution in [3.05, 3.63) is 42.1 Å². The number of aromatic nitrogens is 1. The molecule has 0 aliphatic rings. The Morgan fingerprint density at radius 3 is 2.83 bits per heavy atom. The Morgan fingerprint density at radius 2 is 2.06 bits per heavy atom. The minimum Gasteiger partial charge on any atom is -0.390 e. The largest absolute Gasteiger partial charge is 0.390 e. The number of para-hydroxylation sites is 1. The maximum atomic E-state index is 10.1. The molecule has 1 N–H and O–H groups in total. The number of rotatable bonds is 5. The first-order valence-corrected chi connectivity index (χ1v) is 6.34. The first-order chi connectivity index (χ1) is 8.72. The number of hydrogen-bond donors (Lipinski definition) is 1. The molecule has 0 saturated carbocycles. The van der Waals surface area contributed by atoms with E-state index >= 15 is 0 Å². The van der Waals surface area contributed by atoms with Crippen molar-refractivity contribution in [1.29, 1.82) is 0 Å². The standard InChI is InChI=1S/C15H19NO2/c1-3-18-11(2)15(17)10-12-8-9-16-14-7-5-4-6-13(12)14/h4-9,11,15,17H,3,10H2,1-2H3. The molecule has 0 radical (unpaired) electrons. The van der Waals surface area contributed by atoms with Crippen LogP contribution in [0.3, 0.4) is 0 Å². The van der Waals surface area contributed by atoms with E-state index in [1.807, 2.05) is 44.2 Å². The fourth-order valence-corrected chi connectivity index (χ4v) is 2.10. The monoisotopic (exact) mass is 245 g/mol. The van der Waals surface area contributed by atoms with Gasteiger partial charge in [-0.3, -0.25) is 4.98 Å². The molecule has 0 amide bonds. The number of pyridine rings is 1. The quantitative estimate of drug-likeness (QED) is 0.880. The van der Waals surface area contributed by atoms with Crippen molar-refractivity contribution < 1.29 is 9.84 Å². The second kappa shape index (κ2) is 5.94. The third-order valence-electron chi connectivity index (χ3n) is 3.14. The molecular weight excluding hydrogens is 226 g/mol. The average molecular weight is 245 g/mol. The fourth-order valence-electron chi connectivity index (χ4n) is 2.10. The van der Waals surface area contributed by atoms with E-state index in [-0.39, 0.29) is 6.10 Å². The summed E-state index contributed by atoms with van der Waals surface area (Å²) in [4.78, 5) is 4.32. The van der Waals surface area contributed by atoms with Gasteiger partial charge in [0.25, 0.3) is 0 Å². The van der Waals surface area contributed by atoms with Crippen molar-refractivity contribution in [3.8, 4) is 0 Å². The Bertz CT molecular complexity index is 507. The summed E-state index contributed by atoms with van der Waals surface area (Å²) in [5.41, 5.74) is 2.07. The number of fused-ring (bicyclic) bond motifs is 1. The molecule has 1 aromatic heterocycles. The molecule has 0 fully saturated rings. The van der Waals surface area contributed by atoms with E-state index in [1.54, 1.807) is 6.20 Å². The van der Waals surface area contributed by atoms with Gasteiger partial charge in [-0.15, -0.1) is 0 Å². The van der Waals surface area contributed by atoms with Crippen LogP contribution in [0.1, 0.15) is 19.4 Å². The predicted molar refractivity (Wildman–Crippen MR) is 72.5 cm³/mol. The van der Waals surface area contributed by atoms with Gasteiger partial charge in [-0.25, -0.2) is 0 Å². The van der Waals surface area contributed by atoms with Gasteiger partial charge >= 0.3 is 0 Å². The maximum Gasteiger partial charge on any atom is 0.0839 e. The molecule has 1 heterocycles. The normalized spacial score (nSPS) is 14.6. The Kier molecular flexibility index (Phi) is 4.28. The highest BCUT2D eigenvalue weighted by Crippen LogP contribution is 2.18. The molecule has 96 valence electrons. The van der Waals surface area contributed by atoms with Crippen molar-refractivity contribution in [2.45, 2.75) is 32.5 Å². The second-order valence-corrected chi connectivity index (χ2v) is 4.42. The molecule has 18 heavy (non-hydrogen) atoms. The van der Waals surface area contributed by atoms with E-state index in [0.29, 0.717) is 13.0 Å². The molecule has 2 rings (SSSR count). The molecule has 2 atom stereocenters. The van der Waals surface area contributed by atoms with Gasteiger partial charge in [0.15, 0.2) is 0 Å². The van der Waals surface area contributed by atoms with Crippen molar-refractivity contribution in [2.75, 3.05) is 6.61 Å². The van der Waals surface area contributed by atoms with Gasteiger partial charge in [-0.1, -0.05) is 18.2 Å². The predicted octanol–water partition coefficient (Wildman–Crippen LogP) is 2.56. The van der Waals surface area contributed by atoms with Crippen molar-refractivity contribution in [2.24, 2.45) is 0 Å². The van der Waals surface area contributed by atoms with Crippen LogP contribution in [0.5, 0.6) is 0 Å². The number of nitrogens with zero attached hydrogens (tertiary/aromatic N) is 1. The minimum atomic E-state index is -0.490. The molecule has 3 heteroatoms. The van der Waals surface area contributed by atoms with E-state index in [0.717, 1.165) is 16.5 Å². The average Bonchev–Trinajstić information content (AvgIpc) is 2.39. The number of ether oxygens (including phenoxy) is 1. The third-order valence-corrected chi connectivity index (χ3v) is 3.14. The number of aliphatic hydroxyl groups is 1. The van der Waals surface area contributed by atoms with E-state index in [1.165, 1.54) is 0 Å². The summed E-state index contributed by atoms with van der Waals surface area (Å²) < 4.78 is 5.42. The Hall–Kier alpha value is -1.45. The lowest BCUT2D eigenvalue weighted by molar-refractivity contribution is -0.0206. The van der Waals surface area contributed by atoms with Crippen LogP contribution in [-0.2, 0) is 11.2 Å². The molecular formula is C15H19NO2. The summed E-state index contributed by atoms with van der Waals surface area (Å²) in [6.45, 7) is 4.46. The van der Waals surface area contributed by atoms with E-state index in [9.17, 15) is 5.11 Å². The topological polar surface area (TPSA) is 42.4 Å². The summed E-state index contributed by atoms with van der Waals surface area (Å²) in [6, 6.07) is 9.95. The van der Waals surface area contributed by atoms with Crippen LogP contribution < -0.4 is 0 Å². The van der Waals surface area contributed by atoms with Crippen LogP contribution in [0.4, 0.5) is 0 Å². The highest BCUT2D eigenvalue weighted by Gasteiger charge is 2.16. The summed E-state index contributed by atoms with van der Waals surface area (Å²) in [7, 11) is 0. The zero-order chi connectivity index (χ0) is 13.0. The van der Waals surface area contributed by atoms with Gasteiger partial charge in [0.05, 0.1) is 17.7 Å². The third kappa shape index (κ3) is 2.86. The Labute approximate surface area is 107 Å². The highest BCUT2D eigenvalue weighted by atomic mass is 16.5. The lowest BCUT2D eigenvalue weighted by Gasteiger charge is -2.19. The zero-order valence-electron chi connectivity index (χ0n) is 10.8. The minimum absolute atomic E-state index is 0.151. The van der Waals surface area contributed by atoms with Crippen LogP contribution in [0.15, 0.2) is 36.5 Å². The van der Waals surface area contributed by atoms with Gasteiger partial charge in [0, 0.05) is 24.6 Å². The smallest absolute Gasteiger partial charge is 0.0839 e. The van der Waals surface area contributed by atoms with E-state index in [2.05, 4.69) is 4.98 Å². The molecule has 2 aromatic rings. The van der Waals surface area contributed by atoms with Crippen LogP contribution in [0.2, 0.25) is 0 Å². The Balaban J connectivity index is 2.21. The summed E-state index contributed by atoms with van der Waals surface area (Å²) in [5.74, 6) is 0. The Morgan fingerprint density at radius 1 is 1.28 bits per heavy atom. The van der Waals surface area contributed by atoms with Gasteiger partial charge in [-0.05, 0) is 31.5 Å². The summed E-state index contributed by atoms with van der Waals surface area (Å²) >= 11 is 0. The SMILES string of the molecule is CCOC(C)C(O)Cc1ccnc2ccccc12. The molecule has 0 bridgehead atoms. The van der Waals surface area contributed by atoms with Crippen LogP contribution >= 0.6 is 0 Å². The lowest BCUT2D eigenvalue weighted by Crippen LogP contribution is -2.28. The molecule has 3 nitrogen and oxygen atoms in total. The van der Waals surface area contributed by atoms with E-state index in [4.69, 9.17) is 4.74 Å². The van der Waals surface area contributed by atoms with E-state index < -0.39 is 6.10 Å². The molecule has 0 saturated heterocycles. The van der Waals surface area contributed by atoms with Gasteiger partial charge < -0.3 is 9.84 Å². The maximum absolute atomic E-state index is 10.1. The van der Waals surface area contributed by atoms with Crippen molar-refractivity contribution >= 4 is 10.9 Å². The molecule has 1 aromatic carbocycles. The van der Waals surface area contributed by atoms with Gasteiger partial charge in [0.1, 0.15) is 0 Å². The van der Waals surface area contributed by atoms with Crippen molar-refractivity contribution in [1.82, 2.24) is 4.98 Å². The molecule has 0 aliphatic carbocycles. The lowest BCUT2D eigenvalue weighted by atomic mass is 10.0. The molecule has 0 spiro atoms. The number of aliphatic hydroxyl groups excluding tert-OH is 1. The van der Waals surface area contributed by atoms with Crippen LogP contribution in [-0.4, -0.2) is 28.9 Å². The summed E-state index contributed by atoms with van der Waals surface area (Å²) in [6.07, 6.45) is 1.73. The first kappa shape index (κ1) is 13.0. The van der Waals surface area contributed by atoms with Gasteiger partial charge in [-0.2, -0.15) is 0 Å². The van der Waals surface area contributed by atoms with Crippen molar-refractivity contribution in [3.63, 3.8) is 0 Å². The summed E-state index contributed by atoms with van der Waals surface area (Å²) in [5, 5.41) is 11.2. The first-order valence-electron chi connectivity index (χ1n) is 6.34. The number of benzene rings is 1. The van der Waals surface area contributed by atoms with Crippen LogP contribution in [0, 0.1) is 0 Å². The van der Waals surface area contributed by atoms with Crippen LogP contribution in [0.25, 0.3) is 10.9 Å². The van der Waals surface area contributed by atoms with Gasteiger partial charge in [0.2, 0.25) is 0 Å². The molecule has 2 unspecified atom stereocenters. The zero-order valence-corrected chi connectivity index (χ0v) is 10.8.